The fraction of sp³-hybridized carbons (Fsp3) is 0.0952. The summed E-state index contributed by atoms with van der Waals surface area (Å²) >= 11 is 0. The summed E-state index contributed by atoms with van der Waals surface area (Å²) in [7, 11) is 2.51. The van der Waals surface area contributed by atoms with Crippen LogP contribution in [0.5, 0.6) is 17.6 Å². The van der Waals surface area contributed by atoms with Gasteiger partial charge in [0.15, 0.2) is 5.82 Å². The maximum absolute atomic E-state index is 15.5. The molecule has 0 aliphatic heterocycles. The molecule has 2 N–H and O–H groups in total. The van der Waals surface area contributed by atoms with E-state index < -0.39 is 17.2 Å². The number of pyridine rings is 1. The average molecular weight is 409 g/mol. The zero-order chi connectivity index (χ0) is 21.6. The normalized spacial score (nSPS) is 10.9. The van der Waals surface area contributed by atoms with Crippen LogP contribution in [-0.4, -0.2) is 34.3 Å². The quantitative estimate of drug-likeness (QED) is 0.505. The minimum absolute atomic E-state index is 0.0104. The number of nitrogens with one attached hydrogen (secondary N) is 1. The topological polar surface area (TPSA) is 97.3 Å². The fourth-order valence-corrected chi connectivity index (χ4v) is 3.30. The fourth-order valence-electron chi connectivity index (χ4n) is 3.30. The lowest BCUT2D eigenvalue weighted by atomic mass is 9.96. The molecule has 0 radical (unpaired) electrons. The second kappa shape index (κ2) is 7.00. The van der Waals surface area contributed by atoms with Crippen molar-refractivity contribution in [3.05, 3.63) is 51.8 Å². The van der Waals surface area contributed by atoms with Crippen LogP contribution in [0.3, 0.4) is 0 Å². The molecule has 2 heterocycles. The van der Waals surface area contributed by atoms with E-state index in [4.69, 9.17) is 15.9 Å². The first-order valence-electron chi connectivity index (χ1n) is 8.53. The molecule has 0 aliphatic rings. The molecular weight excluding hydrogens is 396 g/mol. The predicted octanol–water partition coefficient (Wildman–Crippen LogP) is 3.12. The van der Waals surface area contributed by atoms with Crippen molar-refractivity contribution in [3.8, 4) is 41.2 Å². The summed E-state index contributed by atoms with van der Waals surface area (Å²) in [6.07, 6.45) is 5.48. The van der Waals surface area contributed by atoms with E-state index >= 15 is 4.39 Å². The van der Waals surface area contributed by atoms with Crippen molar-refractivity contribution in [1.82, 2.24) is 15.0 Å². The Morgan fingerprint density at radius 2 is 1.90 bits per heavy atom. The molecule has 2 aromatic heterocycles. The Morgan fingerprint density at radius 1 is 1.13 bits per heavy atom. The van der Waals surface area contributed by atoms with Crippen molar-refractivity contribution >= 4 is 21.7 Å². The number of aromatic nitrogens is 3. The number of terminal acetylenes is 1. The number of hydrogen-bond donors (Lipinski definition) is 2. The maximum Gasteiger partial charge on any atom is 0.296 e. The lowest BCUT2D eigenvalue weighted by molar-refractivity contribution is 0.378. The molecule has 0 bridgehead atoms. The maximum atomic E-state index is 15.5. The molecule has 0 fully saturated rings. The minimum atomic E-state index is -0.991. The van der Waals surface area contributed by atoms with E-state index in [0.717, 1.165) is 6.07 Å². The highest BCUT2D eigenvalue weighted by atomic mass is 19.1. The Balaban J connectivity index is 2.22. The van der Waals surface area contributed by atoms with Gasteiger partial charge >= 0.3 is 0 Å². The molecule has 0 saturated carbocycles. The number of phenols is 1. The van der Waals surface area contributed by atoms with Gasteiger partial charge in [-0.3, -0.25) is 9.78 Å². The summed E-state index contributed by atoms with van der Waals surface area (Å²) in [5.41, 5.74) is -1.53. The van der Waals surface area contributed by atoms with Gasteiger partial charge in [-0.2, -0.15) is 4.98 Å². The molecule has 0 atom stereocenters. The van der Waals surface area contributed by atoms with Crippen molar-refractivity contribution in [3.63, 3.8) is 0 Å². The number of phenolic OH excluding ortho intramolecular Hbond substituents is 1. The lowest BCUT2D eigenvalue weighted by Gasteiger charge is -2.14. The van der Waals surface area contributed by atoms with E-state index in [9.17, 15) is 14.3 Å². The summed E-state index contributed by atoms with van der Waals surface area (Å²) in [6, 6.07) is 4.89. The third kappa shape index (κ3) is 2.78. The van der Waals surface area contributed by atoms with E-state index in [1.807, 2.05) is 0 Å². The number of benzene rings is 2. The number of H-pyrrole nitrogens is 1. The second-order valence-corrected chi connectivity index (χ2v) is 6.24. The number of aromatic amines is 1. The Morgan fingerprint density at radius 3 is 2.57 bits per heavy atom. The van der Waals surface area contributed by atoms with Crippen molar-refractivity contribution in [2.24, 2.45) is 0 Å². The van der Waals surface area contributed by atoms with E-state index in [0.29, 0.717) is 5.39 Å². The first-order valence-corrected chi connectivity index (χ1v) is 8.53. The molecule has 150 valence electrons. The van der Waals surface area contributed by atoms with Gasteiger partial charge in [0, 0.05) is 10.9 Å². The zero-order valence-electron chi connectivity index (χ0n) is 15.7. The number of hydrogen-bond acceptors (Lipinski definition) is 6. The minimum Gasteiger partial charge on any atom is -0.508 e. The molecule has 4 aromatic rings. The van der Waals surface area contributed by atoms with Gasteiger partial charge in [0.25, 0.3) is 11.6 Å². The molecule has 0 amide bonds. The largest absolute Gasteiger partial charge is 0.508 e. The number of fused-ring (bicyclic) bond motifs is 2. The summed E-state index contributed by atoms with van der Waals surface area (Å²) in [5, 5.41) is 10.5. The summed E-state index contributed by atoms with van der Waals surface area (Å²) in [5.74, 6) is 0.134. The van der Waals surface area contributed by atoms with E-state index in [1.54, 1.807) is 0 Å². The number of rotatable bonds is 3. The van der Waals surface area contributed by atoms with Gasteiger partial charge in [-0.25, -0.2) is 13.8 Å². The monoisotopic (exact) mass is 409 g/mol. The van der Waals surface area contributed by atoms with Gasteiger partial charge in [-0.05, 0) is 23.6 Å². The Bertz CT molecular complexity index is 1440. The summed E-state index contributed by atoms with van der Waals surface area (Å²) in [4.78, 5) is 22.8. The Kier molecular flexibility index (Phi) is 4.47. The Labute approximate surface area is 167 Å². The molecule has 30 heavy (non-hydrogen) atoms. The first-order chi connectivity index (χ1) is 14.4. The molecule has 0 unspecified atom stereocenters. The van der Waals surface area contributed by atoms with Gasteiger partial charge in [-0.15, -0.1) is 6.42 Å². The van der Waals surface area contributed by atoms with E-state index in [1.165, 1.54) is 32.4 Å². The molecule has 0 spiro atoms. The molecule has 2 aromatic carbocycles. The average Bonchev–Trinajstić information content (AvgIpc) is 2.73. The molecular formula is C21H13F2N3O4. The van der Waals surface area contributed by atoms with Crippen LogP contribution in [0.1, 0.15) is 5.56 Å². The summed E-state index contributed by atoms with van der Waals surface area (Å²) < 4.78 is 40.0. The van der Waals surface area contributed by atoms with Crippen LogP contribution in [-0.2, 0) is 0 Å². The van der Waals surface area contributed by atoms with Crippen LogP contribution in [0.15, 0.2) is 29.1 Å². The highest BCUT2D eigenvalue weighted by molar-refractivity contribution is 6.02. The second-order valence-electron chi connectivity index (χ2n) is 6.24. The van der Waals surface area contributed by atoms with Crippen molar-refractivity contribution in [2.75, 3.05) is 14.2 Å². The number of ether oxygens (including phenoxy) is 2. The predicted molar refractivity (Wildman–Crippen MR) is 106 cm³/mol. The van der Waals surface area contributed by atoms with Crippen molar-refractivity contribution in [2.45, 2.75) is 0 Å². The van der Waals surface area contributed by atoms with Crippen LogP contribution < -0.4 is 15.0 Å². The number of nitrogens with zero attached hydrogens (tertiary/aromatic N) is 2. The molecule has 4 rings (SSSR count). The molecule has 9 heteroatoms. The third-order valence-corrected chi connectivity index (χ3v) is 4.58. The van der Waals surface area contributed by atoms with Crippen LogP contribution >= 0.6 is 0 Å². The summed E-state index contributed by atoms with van der Waals surface area (Å²) in [6.45, 7) is 0. The Hall–Kier alpha value is -4.19. The molecule has 7 nitrogen and oxygen atoms in total. The lowest BCUT2D eigenvalue weighted by Crippen LogP contribution is -2.13. The van der Waals surface area contributed by atoms with Crippen LogP contribution in [0, 0.1) is 24.0 Å². The molecule has 0 aliphatic carbocycles. The van der Waals surface area contributed by atoms with Crippen molar-refractivity contribution in [1.29, 1.82) is 0 Å². The number of methoxy groups -OCH3 is 2. The molecule has 0 saturated heterocycles. The van der Waals surface area contributed by atoms with Crippen LogP contribution in [0.4, 0.5) is 8.78 Å². The van der Waals surface area contributed by atoms with E-state index in [-0.39, 0.29) is 50.7 Å². The third-order valence-electron chi connectivity index (χ3n) is 4.58. The van der Waals surface area contributed by atoms with Gasteiger partial charge in [0.05, 0.1) is 19.8 Å². The highest BCUT2D eigenvalue weighted by Gasteiger charge is 2.24. The number of halogens is 2. The van der Waals surface area contributed by atoms with Crippen molar-refractivity contribution < 1.29 is 23.4 Å². The SMILES string of the molecule is C#Cc1c(F)ccc2cc(O)cc(-c3nc(OC)c4c(=O)[nH]c(OC)nc4c3F)c12. The smallest absolute Gasteiger partial charge is 0.296 e. The van der Waals surface area contributed by atoms with E-state index in [2.05, 4.69) is 20.9 Å². The zero-order valence-corrected chi connectivity index (χ0v) is 15.7. The highest BCUT2D eigenvalue weighted by Crippen LogP contribution is 2.38. The standard InChI is InChI=1S/C21H13F2N3O4/c1-4-11-13(22)6-5-9-7-10(27)8-12(14(9)11)17-16(23)18-15(20(24-17)29-2)19(28)26-21(25-18)30-3/h1,5-8,27H,2-3H3,(H,25,26,28). The van der Waals surface area contributed by atoms with Crippen LogP contribution in [0.2, 0.25) is 0 Å². The number of aromatic hydroxyl groups is 1. The van der Waals surface area contributed by atoms with Gasteiger partial charge in [0.1, 0.15) is 28.2 Å². The van der Waals surface area contributed by atoms with Gasteiger partial charge in [0.2, 0.25) is 5.88 Å². The van der Waals surface area contributed by atoms with Gasteiger partial charge in [-0.1, -0.05) is 12.0 Å². The van der Waals surface area contributed by atoms with Crippen LogP contribution in [0.25, 0.3) is 32.9 Å². The van der Waals surface area contributed by atoms with Gasteiger partial charge < -0.3 is 14.6 Å². The first kappa shape index (κ1) is 19.1.